The van der Waals surface area contributed by atoms with Gasteiger partial charge in [0.15, 0.2) is 11.2 Å². The molecule has 3 heterocycles. The third-order valence-electron chi connectivity index (χ3n) is 3.69. The number of hydrogen-bond acceptors (Lipinski definition) is 6. The van der Waals surface area contributed by atoms with Crippen LogP contribution in [0.4, 0.5) is 5.95 Å². The molecule has 1 aliphatic rings. The first-order chi connectivity index (χ1) is 10.5. The molecule has 0 saturated carbocycles. The van der Waals surface area contributed by atoms with Crippen LogP contribution >= 0.6 is 25.4 Å². The molecule has 0 aromatic carbocycles. The van der Waals surface area contributed by atoms with Crippen LogP contribution in [0.25, 0.3) is 11.2 Å². The van der Waals surface area contributed by atoms with Crippen LogP contribution in [0.15, 0.2) is 11.1 Å². The van der Waals surface area contributed by atoms with Gasteiger partial charge in [0, 0.05) is 0 Å². The van der Waals surface area contributed by atoms with Crippen LogP contribution in [0.3, 0.4) is 0 Å². The summed E-state index contributed by atoms with van der Waals surface area (Å²) in [6.07, 6.45) is 2.17. The molecule has 3 unspecified atom stereocenters. The Morgan fingerprint density at radius 1 is 1.64 bits per heavy atom. The van der Waals surface area contributed by atoms with Crippen molar-refractivity contribution in [1.82, 2.24) is 19.5 Å². The lowest BCUT2D eigenvalue weighted by molar-refractivity contribution is -0.0201. The highest BCUT2D eigenvalue weighted by molar-refractivity contribution is 8.41. The number of fused-ring (bicyclic) bond motifs is 1. The number of aromatic nitrogens is 4. The fourth-order valence-corrected chi connectivity index (χ4v) is 3.39. The summed E-state index contributed by atoms with van der Waals surface area (Å²) in [6.45, 7) is 2.66. The van der Waals surface area contributed by atoms with E-state index in [9.17, 15) is 4.79 Å². The van der Waals surface area contributed by atoms with E-state index in [1.165, 1.54) is 0 Å². The molecule has 3 rings (SSSR count). The lowest BCUT2D eigenvalue weighted by atomic mass is 10.0. The van der Waals surface area contributed by atoms with Gasteiger partial charge in [-0.25, -0.2) is 4.98 Å². The minimum atomic E-state index is -0.572. The quantitative estimate of drug-likeness (QED) is 0.802. The lowest BCUT2D eigenvalue weighted by Gasteiger charge is -2.17. The predicted molar refractivity (Wildman–Crippen MR) is 92.5 cm³/mol. The fourth-order valence-electron chi connectivity index (χ4n) is 2.56. The monoisotopic (exact) mass is 361 g/mol. The van der Waals surface area contributed by atoms with Gasteiger partial charge in [-0.05, 0) is 12.3 Å². The highest BCUT2D eigenvalue weighted by atomic mass is 32.4. The molecule has 11 heteroatoms. The number of ether oxygens (including phenoxy) is 1. The molecule has 0 amide bonds. The molecule has 2 aromatic rings. The zero-order valence-electron chi connectivity index (χ0n) is 12.0. The van der Waals surface area contributed by atoms with Crippen LogP contribution in [-0.2, 0) is 9.26 Å². The number of nitrogens with zero attached hydrogens (tertiary/aromatic N) is 3. The van der Waals surface area contributed by atoms with Crippen molar-refractivity contribution in [1.29, 1.82) is 0 Å². The predicted octanol–water partition coefficient (Wildman–Crippen LogP) is 1.62. The summed E-state index contributed by atoms with van der Waals surface area (Å²) < 4.78 is 13.5. The van der Waals surface area contributed by atoms with Crippen LogP contribution in [0, 0.1) is 5.92 Å². The van der Waals surface area contributed by atoms with Gasteiger partial charge in [-0.2, -0.15) is 4.98 Å². The van der Waals surface area contributed by atoms with E-state index in [0.29, 0.717) is 18.2 Å². The van der Waals surface area contributed by atoms with Crippen molar-refractivity contribution in [2.24, 2.45) is 5.92 Å². The Bertz CT molecular complexity index is 733. The maximum absolute atomic E-state index is 11.8. The Balaban J connectivity index is 1.85. The third kappa shape index (κ3) is 3.17. The highest BCUT2D eigenvalue weighted by Gasteiger charge is 2.34. The summed E-state index contributed by atoms with van der Waals surface area (Å²) in [4.78, 5) is 22.5. The molecule has 1 saturated heterocycles. The summed E-state index contributed by atoms with van der Waals surface area (Å²) in [7, 11) is 4.68. The molecule has 5 atom stereocenters. The first-order valence-electron chi connectivity index (χ1n) is 6.76. The van der Waals surface area contributed by atoms with Gasteiger partial charge in [0.05, 0.1) is 26.6 Å². The van der Waals surface area contributed by atoms with Gasteiger partial charge in [0.2, 0.25) is 5.95 Å². The lowest BCUT2D eigenvalue weighted by Crippen LogP contribution is -2.19. The standard InChI is InChI=1S/C11H18N5O3P3/c1-5-2-7(19-6(5)3-18-22(20)21)16-4-13-8-9(16)14-11(12)15-10(8)17/h4-7H,2-3,20-21H2,1H3,(H3,12,14,15,17)/t5?,6-,7-/m1/s1. The number of hydrogen-bond donors (Lipinski definition) is 2. The van der Waals surface area contributed by atoms with Crippen LogP contribution < -0.4 is 11.3 Å². The van der Waals surface area contributed by atoms with Gasteiger partial charge in [-0.1, -0.05) is 24.8 Å². The van der Waals surface area contributed by atoms with Gasteiger partial charge in [-0.3, -0.25) is 14.3 Å². The number of imidazole rings is 1. The fraction of sp³-hybridized carbons (Fsp3) is 0.545. The van der Waals surface area contributed by atoms with E-state index in [1.807, 2.05) is 0 Å². The number of H-pyrrole nitrogens is 1. The Hall–Kier alpha value is -0.640. The number of rotatable bonds is 4. The number of nitrogens with one attached hydrogen (secondary N) is 1. The second-order valence-corrected chi connectivity index (χ2v) is 11.1. The van der Waals surface area contributed by atoms with Crippen molar-refractivity contribution in [3.8, 4) is 0 Å². The number of nitrogen functional groups attached to an aromatic ring is 1. The van der Waals surface area contributed by atoms with E-state index in [4.69, 9.17) is 15.0 Å². The smallest absolute Gasteiger partial charge is 0.280 e. The largest absolute Gasteiger partial charge is 0.369 e. The van der Waals surface area contributed by atoms with Crippen LogP contribution in [0.5, 0.6) is 0 Å². The minimum absolute atomic E-state index is 0.00731. The summed E-state index contributed by atoms with van der Waals surface area (Å²) in [6, 6.07) is 0. The minimum Gasteiger partial charge on any atom is -0.369 e. The Labute approximate surface area is 132 Å². The molecule has 0 bridgehead atoms. The number of nitrogens with two attached hydrogens (primary N) is 1. The second kappa shape index (κ2) is 6.46. The van der Waals surface area contributed by atoms with Gasteiger partial charge in [0.1, 0.15) is 6.23 Å². The molecule has 0 radical (unpaired) electrons. The van der Waals surface area contributed by atoms with Crippen molar-refractivity contribution in [2.45, 2.75) is 25.7 Å². The van der Waals surface area contributed by atoms with Gasteiger partial charge >= 0.3 is 0 Å². The van der Waals surface area contributed by atoms with Gasteiger partial charge < -0.3 is 15.0 Å². The second-order valence-electron chi connectivity index (χ2n) is 5.27. The molecule has 0 spiro atoms. The molecular weight excluding hydrogens is 343 g/mol. The third-order valence-corrected chi connectivity index (χ3v) is 5.03. The summed E-state index contributed by atoms with van der Waals surface area (Å²) in [5.74, 6) is 0.411. The Kier molecular flexibility index (Phi) is 4.77. The molecule has 8 nitrogen and oxygen atoms in total. The van der Waals surface area contributed by atoms with E-state index in [0.717, 1.165) is 6.42 Å². The van der Waals surface area contributed by atoms with Crippen molar-refractivity contribution >= 4 is 42.5 Å². The summed E-state index contributed by atoms with van der Waals surface area (Å²) in [5, 5.41) is 0. The Morgan fingerprint density at radius 3 is 3.14 bits per heavy atom. The highest BCUT2D eigenvalue weighted by Crippen LogP contribution is 2.54. The van der Waals surface area contributed by atoms with Crippen molar-refractivity contribution < 1.29 is 9.26 Å². The number of anilines is 1. The Morgan fingerprint density at radius 2 is 2.41 bits per heavy atom. The SMILES string of the molecule is CC1C[C@H](n2cnc3c(=O)[nH]c(N)nc32)O[C@@H]1COP(P)P. The maximum atomic E-state index is 11.8. The summed E-state index contributed by atoms with van der Waals surface area (Å²) in [5.41, 5.74) is 5.98. The molecule has 1 fully saturated rings. The topological polar surface area (TPSA) is 108 Å². The number of aromatic amines is 1. The van der Waals surface area contributed by atoms with Gasteiger partial charge in [-0.15, -0.1) is 0 Å². The average molecular weight is 361 g/mol. The summed E-state index contributed by atoms with van der Waals surface area (Å²) >= 11 is 0. The van der Waals surface area contributed by atoms with E-state index < -0.39 is 7.53 Å². The van der Waals surface area contributed by atoms with Crippen molar-refractivity contribution in [3.05, 3.63) is 16.7 Å². The molecule has 1 aliphatic heterocycles. The van der Waals surface area contributed by atoms with E-state index >= 15 is 0 Å². The molecular formula is C11H18N5O3P3. The van der Waals surface area contributed by atoms with E-state index in [1.54, 1.807) is 10.9 Å². The molecule has 120 valence electrons. The zero-order valence-corrected chi connectivity index (χ0v) is 15.2. The van der Waals surface area contributed by atoms with Crippen molar-refractivity contribution in [2.75, 3.05) is 12.3 Å². The maximum Gasteiger partial charge on any atom is 0.280 e. The van der Waals surface area contributed by atoms with Crippen molar-refractivity contribution in [3.63, 3.8) is 0 Å². The average Bonchev–Trinajstić information content (AvgIpc) is 3.00. The first kappa shape index (κ1) is 16.2. The molecule has 2 aromatic heterocycles. The van der Waals surface area contributed by atoms with E-state index in [2.05, 4.69) is 39.7 Å². The zero-order chi connectivity index (χ0) is 15.9. The molecule has 0 aliphatic carbocycles. The normalized spacial score (nSPS) is 25.4. The van der Waals surface area contributed by atoms with Crippen LogP contribution in [0.1, 0.15) is 19.6 Å². The van der Waals surface area contributed by atoms with Gasteiger partial charge in [0.25, 0.3) is 5.56 Å². The first-order valence-corrected chi connectivity index (χ1v) is 11.3. The molecule has 3 N–H and O–H groups in total. The molecule has 22 heavy (non-hydrogen) atoms. The van der Waals surface area contributed by atoms with Crippen LogP contribution in [0.2, 0.25) is 0 Å². The van der Waals surface area contributed by atoms with E-state index in [-0.39, 0.29) is 29.4 Å². The van der Waals surface area contributed by atoms with Crippen LogP contribution in [-0.4, -0.2) is 32.2 Å².